The first kappa shape index (κ1) is 15.2. The Balaban J connectivity index is 2.07. The highest BCUT2D eigenvalue weighted by Gasteiger charge is 2.38. The van der Waals surface area contributed by atoms with Gasteiger partial charge in [-0.1, -0.05) is 47.3 Å². The Morgan fingerprint density at radius 3 is 2.52 bits per heavy atom. The molecule has 1 saturated heterocycles. The minimum Gasteiger partial charge on any atom is -0.334 e. The van der Waals surface area contributed by atoms with E-state index in [1.165, 1.54) is 11.8 Å². The lowest BCUT2D eigenvalue weighted by Gasteiger charge is -2.19. The predicted octanol–water partition coefficient (Wildman–Crippen LogP) is 4.32. The predicted molar refractivity (Wildman–Crippen MR) is 94.9 cm³/mol. The van der Waals surface area contributed by atoms with E-state index in [1.807, 2.05) is 25.1 Å². The third kappa shape index (κ3) is 2.48. The first-order valence-electron chi connectivity index (χ1n) is 6.59. The highest BCUT2D eigenvalue weighted by Crippen LogP contribution is 2.51. The SMILES string of the molecule is CCN1C(=O)/C(=C2/Sc3ccc(Cl)cc3N2CC)SC1=S. The molecular formula is C14H13ClN2OS3. The Bertz CT molecular complexity index is 674. The molecule has 1 aromatic carbocycles. The van der Waals surface area contributed by atoms with Crippen molar-refractivity contribution < 1.29 is 4.79 Å². The van der Waals surface area contributed by atoms with Gasteiger partial charge in [-0.15, -0.1) is 0 Å². The number of carbonyl (C=O) groups excluding carboxylic acids is 1. The molecule has 0 spiro atoms. The summed E-state index contributed by atoms with van der Waals surface area (Å²) in [7, 11) is 0. The fourth-order valence-electron chi connectivity index (χ4n) is 2.34. The molecule has 1 aromatic rings. The number of benzene rings is 1. The van der Waals surface area contributed by atoms with E-state index in [0.717, 1.165) is 27.1 Å². The molecule has 1 amide bonds. The van der Waals surface area contributed by atoms with Crippen LogP contribution in [0.1, 0.15) is 13.8 Å². The zero-order valence-electron chi connectivity index (χ0n) is 11.6. The standard InChI is InChI=1S/C14H13ClN2OS3/c1-3-16-9-7-8(15)5-6-10(9)20-13(16)11-12(18)17(4-2)14(19)21-11/h5-7H,3-4H2,1-2H3/b13-11-. The average Bonchev–Trinajstić information content (AvgIpc) is 2.95. The second kappa shape index (κ2) is 5.83. The largest absolute Gasteiger partial charge is 0.334 e. The number of nitrogens with zero attached hydrogens (tertiary/aromatic N) is 2. The minimum absolute atomic E-state index is 0.00681. The van der Waals surface area contributed by atoms with E-state index in [1.54, 1.807) is 16.7 Å². The van der Waals surface area contributed by atoms with Crippen molar-refractivity contribution in [1.29, 1.82) is 0 Å². The molecule has 0 bridgehead atoms. The lowest BCUT2D eigenvalue weighted by molar-refractivity contribution is -0.122. The van der Waals surface area contributed by atoms with Gasteiger partial charge in [0, 0.05) is 23.0 Å². The fourth-order valence-corrected chi connectivity index (χ4v) is 5.24. The number of likely N-dealkylation sites (N-methyl/N-ethyl adjacent to an activating group) is 1. The van der Waals surface area contributed by atoms with Gasteiger partial charge in [-0.05, 0) is 32.0 Å². The maximum absolute atomic E-state index is 12.5. The number of fused-ring (bicyclic) bond motifs is 1. The van der Waals surface area contributed by atoms with Crippen LogP contribution in [0.15, 0.2) is 33.0 Å². The van der Waals surface area contributed by atoms with Gasteiger partial charge in [-0.3, -0.25) is 9.69 Å². The molecule has 0 unspecified atom stereocenters. The van der Waals surface area contributed by atoms with E-state index in [2.05, 4.69) is 11.8 Å². The summed E-state index contributed by atoms with van der Waals surface area (Å²) >= 11 is 14.4. The smallest absolute Gasteiger partial charge is 0.268 e. The van der Waals surface area contributed by atoms with Crippen molar-refractivity contribution in [1.82, 2.24) is 4.90 Å². The summed E-state index contributed by atoms with van der Waals surface area (Å²) in [6, 6.07) is 5.82. The van der Waals surface area contributed by atoms with E-state index in [4.69, 9.17) is 23.8 Å². The molecule has 0 radical (unpaired) electrons. The van der Waals surface area contributed by atoms with Gasteiger partial charge in [0.15, 0.2) is 0 Å². The number of amides is 1. The molecule has 110 valence electrons. The van der Waals surface area contributed by atoms with Crippen molar-refractivity contribution in [2.24, 2.45) is 0 Å². The van der Waals surface area contributed by atoms with Crippen LogP contribution in [-0.2, 0) is 4.79 Å². The van der Waals surface area contributed by atoms with Gasteiger partial charge in [0.05, 0.1) is 5.69 Å². The zero-order valence-corrected chi connectivity index (χ0v) is 14.8. The van der Waals surface area contributed by atoms with Crippen LogP contribution in [0.4, 0.5) is 5.69 Å². The second-order valence-electron chi connectivity index (χ2n) is 4.51. The Morgan fingerprint density at radius 1 is 1.19 bits per heavy atom. The van der Waals surface area contributed by atoms with Crippen LogP contribution in [0.3, 0.4) is 0 Å². The molecule has 2 aliphatic rings. The lowest BCUT2D eigenvalue weighted by Crippen LogP contribution is -2.28. The number of hydrogen-bond acceptors (Lipinski definition) is 5. The number of hydrogen-bond donors (Lipinski definition) is 0. The molecule has 21 heavy (non-hydrogen) atoms. The van der Waals surface area contributed by atoms with E-state index in [-0.39, 0.29) is 5.91 Å². The van der Waals surface area contributed by atoms with Crippen LogP contribution in [-0.4, -0.2) is 28.2 Å². The normalized spacial score (nSPS) is 21.5. The van der Waals surface area contributed by atoms with Crippen molar-refractivity contribution in [3.8, 4) is 0 Å². The minimum atomic E-state index is 0.00681. The maximum atomic E-state index is 12.5. The molecule has 0 N–H and O–H groups in total. The van der Waals surface area contributed by atoms with E-state index >= 15 is 0 Å². The zero-order chi connectivity index (χ0) is 15.1. The molecule has 0 aliphatic carbocycles. The summed E-state index contributed by atoms with van der Waals surface area (Å²) in [6.07, 6.45) is 0. The number of carbonyl (C=O) groups is 1. The Morgan fingerprint density at radius 2 is 1.90 bits per heavy atom. The fraction of sp³-hybridized carbons (Fsp3) is 0.286. The summed E-state index contributed by atoms with van der Waals surface area (Å²) in [4.78, 5) is 18.1. The van der Waals surface area contributed by atoms with Gasteiger partial charge in [-0.2, -0.15) is 0 Å². The van der Waals surface area contributed by atoms with Crippen LogP contribution in [0.25, 0.3) is 0 Å². The molecule has 3 rings (SSSR count). The van der Waals surface area contributed by atoms with Crippen LogP contribution in [0.2, 0.25) is 5.02 Å². The molecule has 7 heteroatoms. The molecule has 0 atom stereocenters. The van der Waals surface area contributed by atoms with Crippen molar-refractivity contribution in [3.05, 3.63) is 33.2 Å². The first-order chi connectivity index (χ1) is 10.1. The van der Waals surface area contributed by atoms with Gasteiger partial charge in [0.25, 0.3) is 5.91 Å². The topological polar surface area (TPSA) is 23.6 Å². The van der Waals surface area contributed by atoms with Crippen molar-refractivity contribution in [2.45, 2.75) is 18.7 Å². The summed E-state index contributed by atoms with van der Waals surface area (Å²) < 4.78 is 0.635. The average molecular weight is 357 g/mol. The lowest BCUT2D eigenvalue weighted by atomic mass is 10.3. The van der Waals surface area contributed by atoms with Crippen molar-refractivity contribution in [2.75, 3.05) is 18.0 Å². The molecule has 2 aliphatic heterocycles. The van der Waals surface area contributed by atoms with E-state index < -0.39 is 0 Å². The number of anilines is 1. The van der Waals surface area contributed by atoms with Gasteiger partial charge in [-0.25, -0.2) is 0 Å². The van der Waals surface area contributed by atoms with Crippen LogP contribution in [0, 0.1) is 0 Å². The Hall–Kier alpha value is -0.690. The highest BCUT2D eigenvalue weighted by molar-refractivity contribution is 8.27. The number of thioether (sulfide) groups is 2. The summed E-state index contributed by atoms with van der Waals surface area (Å²) in [6.45, 7) is 5.40. The molecule has 0 saturated carbocycles. The Labute approximate surface area is 142 Å². The van der Waals surface area contributed by atoms with Crippen molar-refractivity contribution in [3.63, 3.8) is 0 Å². The maximum Gasteiger partial charge on any atom is 0.268 e. The summed E-state index contributed by atoms with van der Waals surface area (Å²) in [5.74, 6) is 0.00681. The summed E-state index contributed by atoms with van der Waals surface area (Å²) in [5.41, 5.74) is 1.06. The molecule has 2 heterocycles. The quantitative estimate of drug-likeness (QED) is 0.580. The van der Waals surface area contributed by atoms with Crippen molar-refractivity contribution >= 4 is 63.3 Å². The third-order valence-electron chi connectivity index (χ3n) is 3.34. The monoisotopic (exact) mass is 356 g/mol. The van der Waals surface area contributed by atoms with Crippen LogP contribution >= 0.6 is 47.3 Å². The molecular weight excluding hydrogens is 344 g/mol. The third-order valence-corrected chi connectivity index (χ3v) is 6.32. The Kier molecular flexibility index (Phi) is 4.23. The van der Waals surface area contributed by atoms with Gasteiger partial charge < -0.3 is 4.90 Å². The molecule has 0 aromatic heterocycles. The van der Waals surface area contributed by atoms with E-state index in [0.29, 0.717) is 15.9 Å². The molecule has 3 nitrogen and oxygen atoms in total. The first-order valence-corrected chi connectivity index (χ1v) is 9.01. The molecule has 1 fully saturated rings. The number of thiocarbonyl (C=S) groups is 1. The van der Waals surface area contributed by atoms with Gasteiger partial charge in [0.1, 0.15) is 14.3 Å². The van der Waals surface area contributed by atoms with E-state index in [9.17, 15) is 4.79 Å². The van der Waals surface area contributed by atoms with Gasteiger partial charge in [0.2, 0.25) is 0 Å². The van der Waals surface area contributed by atoms with Gasteiger partial charge >= 0.3 is 0 Å². The van der Waals surface area contributed by atoms with Crippen LogP contribution < -0.4 is 4.90 Å². The second-order valence-corrected chi connectivity index (χ2v) is 7.62. The number of halogens is 1. The highest BCUT2D eigenvalue weighted by atomic mass is 35.5. The van der Waals surface area contributed by atoms with Crippen LogP contribution in [0.5, 0.6) is 0 Å². The number of rotatable bonds is 2. The summed E-state index contributed by atoms with van der Waals surface area (Å²) in [5, 5.41) is 1.67.